The maximum absolute atomic E-state index is 10.7. The molecular formula is C15H33B2NaO4S2. The third-order valence-electron chi connectivity index (χ3n) is 4.08. The third kappa shape index (κ3) is 13.6. The molecule has 0 radical (unpaired) electrons. The quantitative estimate of drug-likeness (QED) is 0.471. The van der Waals surface area contributed by atoms with E-state index in [1.165, 1.54) is 24.6 Å². The molecule has 3 N–H and O–H groups in total. The summed E-state index contributed by atoms with van der Waals surface area (Å²) < 4.78 is 0. The molecule has 2 saturated carbocycles. The van der Waals surface area contributed by atoms with Crippen LogP contribution in [0, 0.1) is 11.8 Å². The van der Waals surface area contributed by atoms with Gasteiger partial charge in [-0.15, -0.1) is 0 Å². The molecule has 0 heterocycles. The Morgan fingerprint density at radius 3 is 1.75 bits per heavy atom. The Morgan fingerprint density at radius 1 is 1.08 bits per heavy atom. The molecule has 9 heteroatoms. The second kappa shape index (κ2) is 15.4. The molecule has 136 valence electrons. The van der Waals surface area contributed by atoms with Crippen molar-refractivity contribution in [3.05, 3.63) is 0 Å². The van der Waals surface area contributed by atoms with Gasteiger partial charge in [0.15, 0.2) is 5.12 Å². The van der Waals surface area contributed by atoms with E-state index in [4.69, 9.17) is 10.0 Å². The van der Waals surface area contributed by atoms with Gasteiger partial charge in [0.2, 0.25) is 0 Å². The van der Waals surface area contributed by atoms with Crippen molar-refractivity contribution in [1.29, 1.82) is 0 Å². The summed E-state index contributed by atoms with van der Waals surface area (Å²) in [6.07, 6.45) is 6.48. The van der Waals surface area contributed by atoms with Gasteiger partial charge in [-0.05, 0) is 50.2 Å². The summed E-state index contributed by atoms with van der Waals surface area (Å²) in [6, 6.07) is 0. The van der Waals surface area contributed by atoms with E-state index in [1.807, 2.05) is 13.6 Å². The first-order valence-corrected chi connectivity index (χ1v) is 9.37. The van der Waals surface area contributed by atoms with E-state index >= 15 is 0 Å². The smallest absolute Gasteiger partial charge is 0.870 e. The Hall–Kier alpha value is 1.38. The van der Waals surface area contributed by atoms with Crippen LogP contribution in [0.3, 0.4) is 0 Å². The zero-order chi connectivity index (χ0) is 16.0. The summed E-state index contributed by atoms with van der Waals surface area (Å²) in [5.41, 5.74) is 0. The molecule has 2 rings (SSSR count). The van der Waals surface area contributed by atoms with Gasteiger partial charge < -0.3 is 15.5 Å². The van der Waals surface area contributed by atoms with E-state index in [1.54, 1.807) is 6.92 Å². The van der Waals surface area contributed by atoms with Gasteiger partial charge in [0.1, 0.15) is 0 Å². The second-order valence-corrected chi connectivity index (χ2v) is 8.94. The number of hydrogen-bond donors (Lipinski definition) is 3. The molecule has 4 nitrogen and oxygen atoms in total. The van der Waals surface area contributed by atoms with Crippen LogP contribution in [0.2, 0.25) is 26.3 Å². The van der Waals surface area contributed by atoms with E-state index in [9.17, 15) is 4.79 Å². The summed E-state index contributed by atoms with van der Waals surface area (Å²) in [5, 5.41) is 19.4. The number of carbonyl (C=O) groups excluding carboxylic acids is 1. The average molecular weight is 386 g/mol. The van der Waals surface area contributed by atoms with Crippen molar-refractivity contribution < 1.29 is 49.9 Å². The van der Waals surface area contributed by atoms with Crippen molar-refractivity contribution in [3.63, 3.8) is 0 Å². The monoisotopic (exact) mass is 386 g/mol. The molecular weight excluding hydrogens is 353 g/mol. The molecule has 0 bridgehead atoms. The normalized spacial score (nSPS) is 26.6. The molecule has 0 unspecified atom stereocenters. The summed E-state index contributed by atoms with van der Waals surface area (Å²) >= 11 is 5.74. The van der Waals surface area contributed by atoms with Gasteiger partial charge >= 0.3 is 29.6 Å². The fourth-order valence-corrected chi connectivity index (χ4v) is 4.86. The molecule has 0 aromatic carbocycles. The van der Waals surface area contributed by atoms with Crippen LogP contribution in [0.25, 0.3) is 0 Å². The van der Waals surface area contributed by atoms with Crippen LogP contribution < -0.4 is 29.6 Å². The molecule has 2 fully saturated rings. The zero-order valence-electron chi connectivity index (χ0n) is 14.8. The first-order chi connectivity index (χ1) is 9.76. The van der Waals surface area contributed by atoms with Gasteiger partial charge in [-0.2, -0.15) is 12.6 Å². The Kier molecular flexibility index (Phi) is 19.4. The van der Waals surface area contributed by atoms with Gasteiger partial charge in [-0.25, -0.2) is 0 Å². The molecule has 0 aliphatic heterocycles. The number of thiol groups is 1. The minimum Gasteiger partial charge on any atom is -0.870 e. The predicted molar refractivity (Wildman–Crippen MR) is 106 cm³/mol. The number of hydrogen-bond acceptors (Lipinski definition) is 6. The third-order valence-corrected chi connectivity index (χ3v) is 5.56. The summed E-state index contributed by atoms with van der Waals surface area (Å²) in [4.78, 5) is 10.7. The van der Waals surface area contributed by atoms with Crippen molar-refractivity contribution in [2.75, 3.05) is 0 Å². The van der Waals surface area contributed by atoms with Crippen LogP contribution in [-0.4, -0.2) is 45.0 Å². The maximum atomic E-state index is 10.7. The van der Waals surface area contributed by atoms with Crippen molar-refractivity contribution in [2.45, 2.75) is 76.8 Å². The van der Waals surface area contributed by atoms with E-state index in [0.29, 0.717) is 16.4 Å². The number of carbonyl (C=O) groups is 1. The molecule has 2 aliphatic carbocycles. The van der Waals surface area contributed by atoms with E-state index in [2.05, 4.69) is 12.6 Å². The molecule has 0 aromatic rings. The molecule has 0 amide bonds. The van der Waals surface area contributed by atoms with Crippen LogP contribution in [0.1, 0.15) is 40.0 Å². The summed E-state index contributed by atoms with van der Waals surface area (Å²) in [7, 11) is 0. The van der Waals surface area contributed by atoms with E-state index in [0.717, 1.165) is 31.4 Å². The summed E-state index contributed by atoms with van der Waals surface area (Å²) in [5.74, 6) is 1.41. The van der Waals surface area contributed by atoms with Crippen LogP contribution in [-0.2, 0) is 4.79 Å². The van der Waals surface area contributed by atoms with Crippen molar-refractivity contribution in [1.82, 2.24) is 0 Å². The second-order valence-electron chi connectivity index (χ2n) is 6.73. The molecule has 0 atom stereocenters. The van der Waals surface area contributed by atoms with Crippen molar-refractivity contribution in [3.8, 4) is 0 Å². The van der Waals surface area contributed by atoms with Crippen LogP contribution in [0.4, 0.5) is 0 Å². The van der Waals surface area contributed by atoms with Crippen LogP contribution >= 0.6 is 24.4 Å². The Labute approximate surface area is 180 Å². The molecule has 24 heavy (non-hydrogen) atoms. The molecule has 0 saturated heterocycles. The molecule has 0 spiro atoms. The molecule has 0 aromatic heterocycles. The largest absolute Gasteiger partial charge is 1.00 e. The van der Waals surface area contributed by atoms with Gasteiger partial charge in [-0.3, -0.25) is 4.79 Å². The fraction of sp³-hybridized carbons (Fsp3) is 0.933. The zero-order valence-corrected chi connectivity index (χ0v) is 18.5. The van der Waals surface area contributed by atoms with Gasteiger partial charge in [0.25, 0.3) is 13.8 Å². The number of thioether (sulfide) groups is 1. The Balaban J connectivity index is -0.000000336. The van der Waals surface area contributed by atoms with Gasteiger partial charge in [0, 0.05) is 17.4 Å². The Morgan fingerprint density at radius 2 is 1.46 bits per heavy atom. The van der Waals surface area contributed by atoms with E-state index in [-0.39, 0.29) is 61.4 Å². The van der Waals surface area contributed by atoms with Crippen molar-refractivity contribution >= 4 is 43.3 Å². The first-order valence-electron chi connectivity index (χ1n) is 7.97. The molecule has 2 aliphatic rings. The topological polar surface area (TPSA) is 87.5 Å². The van der Waals surface area contributed by atoms with Crippen LogP contribution in [0.15, 0.2) is 0 Å². The first kappa shape index (κ1) is 30.1. The Bertz CT molecular complexity index is 327. The standard InChI is InChI=1S/C8H15BO2S.C6H13BOS.CH4.Na.H2O/c1-6(10)12-8-3-7(4-8)5-9(2)11;1-7(8)4-5-2-6(9)3-5;;;/h7-8,11H,3-5H2,1-2H3;5-6,8-9H,2-4H2,1H3;1H4;;1H2/q;;;+1;/p-1. The maximum Gasteiger partial charge on any atom is 1.00 e. The SMILES string of the molecule is C.CB(O)CC1CC(S)C1.CB(O)CC1CC(SC(C)=O)C1.[Na+].[OH-]. The number of rotatable bonds is 5. The van der Waals surface area contributed by atoms with E-state index < -0.39 is 0 Å². The fourth-order valence-electron chi connectivity index (χ4n) is 3.06. The van der Waals surface area contributed by atoms with Crippen molar-refractivity contribution in [2.24, 2.45) is 11.8 Å². The minimum atomic E-state index is -0.182. The summed E-state index contributed by atoms with van der Waals surface area (Å²) in [6.45, 7) is 5.00. The van der Waals surface area contributed by atoms with Gasteiger partial charge in [-0.1, -0.05) is 32.8 Å². The predicted octanol–water partition coefficient (Wildman–Crippen LogP) is 0.430. The minimum absolute atomic E-state index is 0. The average Bonchev–Trinajstić information content (AvgIpc) is 2.23. The van der Waals surface area contributed by atoms with Gasteiger partial charge in [0.05, 0.1) is 0 Å². The van der Waals surface area contributed by atoms with Crippen LogP contribution in [0.5, 0.6) is 0 Å².